The van der Waals surface area contributed by atoms with Crippen molar-refractivity contribution in [1.29, 1.82) is 0 Å². The zero-order valence-electron chi connectivity index (χ0n) is 11.9. The maximum atomic E-state index is 13.1. The second kappa shape index (κ2) is 6.99. The van der Waals surface area contributed by atoms with Gasteiger partial charge in [-0.1, -0.05) is 41.4 Å². The summed E-state index contributed by atoms with van der Waals surface area (Å²) in [6.45, 7) is 0.608. The van der Waals surface area contributed by atoms with E-state index in [4.69, 9.17) is 23.2 Å². The van der Waals surface area contributed by atoms with Crippen LogP contribution < -0.4 is 5.32 Å². The summed E-state index contributed by atoms with van der Waals surface area (Å²) in [6, 6.07) is 11.0. The van der Waals surface area contributed by atoms with Crippen LogP contribution >= 0.6 is 35.0 Å². The predicted octanol–water partition coefficient (Wildman–Crippen LogP) is 5.41. The van der Waals surface area contributed by atoms with Crippen molar-refractivity contribution in [1.82, 2.24) is 4.90 Å². The van der Waals surface area contributed by atoms with Crippen molar-refractivity contribution in [3.05, 3.63) is 63.9 Å². The lowest BCUT2D eigenvalue weighted by atomic mass is 10.2. The van der Waals surface area contributed by atoms with Gasteiger partial charge in [0.15, 0.2) is 0 Å². The van der Waals surface area contributed by atoms with Crippen LogP contribution in [0.15, 0.2) is 42.5 Å². The summed E-state index contributed by atoms with van der Waals surface area (Å²) in [7, 11) is 0. The van der Waals surface area contributed by atoms with E-state index < -0.39 is 0 Å². The number of carbonyl (C=O) groups is 1. The molecule has 2 aromatic rings. The van der Waals surface area contributed by atoms with E-state index in [1.54, 1.807) is 47.0 Å². The van der Waals surface area contributed by atoms with Crippen LogP contribution in [0.5, 0.6) is 0 Å². The number of urea groups is 1. The van der Waals surface area contributed by atoms with Gasteiger partial charge in [-0.25, -0.2) is 9.18 Å². The van der Waals surface area contributed by atoms with Crippen molar-refractivity contribution >= 4 is 46.7 Å². The molecule has 1 heterocycles. The molecular formula is C16H13Cl2FN2OS. The number of hydrogen-bond acceptors (Lipinski definition) is 2. The van der Waals surface area contributed by atoms with E-state index in [9.17, 15) is 9.18 Å². The fourth-order valence-corrected chi connectivity index (χ4v) is 3.97. The number of benzene rings is 2. The van der Waals surface area contributed by atoms with Gasteiger partial charge in [0.25, 0.3) is 0 Å². The highest BCUT2D eigenvalue weighted by Gasteiger charge is 2.31. The number of halogens is 3. The maximum Gasteiger partial charge on any atom is 0.323 e. The van der Waals surface area contributed by atoms with Gasteiger partial charge in [0, 0.05) is 12.3 Å². The normalized spacial score (nSPS) is 17.3. The molecule has 0 radical (unpaired) electrons. The topological polar surface area (TPSA) is 32.3 Å². The molecule has 23 heavy (non-hydrogen) atoms. The summed E-state index contributed by atoms with van der Waals surface area (Å²) in [5.41, 5.74) is 1.36. The van der Waals surface area contributed by atoms with E-state index in [1.165, 1.54) is 12.1 Å². The summed E-state index contributed by atoms with van der Waals surface area (Å²) in [4.78, 5) is 14.3. The summed E-state index contributed by atoms with van der Waals surface area (Å²) in [6.07, 6.45) is 0. The number of thioether (sulfide) groups is 1. The smallest absolute Gasteiger partial charge is 0.308 e. The van der Waals surface area contributed by atoms with Crippen molar-refractivity contribution in [2.24, 2.45) is 0 Å². The molecule has 1 N–H and O–H groups in total. The van der Waals surface area contributed by atoms with Gasteiger partial charge in [-0.2, -0.15) is 0 Å². The number of amides is 2. The minimum atomic E-state index is -0.293. The zero-order chi connectivity index (χ0) is 16.4. The van der Waals surface area contributed by atoms with Gasteiger partial charge < -0.3 is 10.2 Å². The fraction of sp³-hybridized carbons (Fsp3) is 0.188. The van der Waals surface area contributed by atoms with Gasteiger partial charge in [0.2, 0.25) is 0 Å². The Hall–Kier alpha value is -1.43. The summed E-state index contributed by atoms with van der Waals surface area (Å²) < 4.78 is 13.1. The predicted molar refractivity (Wildman–Crippen MR) is 93.8 cm³/mol. The van der Waals surface area contributed by atoms with Gasteiger partial charge in [-0.3, -0.25) is 0 Å². The first-order valence-corrected chi connectivity index (χ1v) is 8.75. The van der Waals surface area contributed by atoms with E-state index in [0.29, 0.717) is 22.3 Å². The summed E-state index contributed by atoms with van der Waals surface area (Å²) in [5, 5.41) is 3.34. The molecule has 0 aromatic heterocycles. The molecule has 1 aliphatic heterocycles. The number of hydrogen-bond donors (Lipinski definition) is 1. The molecule has 1 atom stereocenters. The van der Waals surface area contributed by atoms with Gasteiger partial charge in [-0.05, 0) is 29.8 Å². The van der Waals surface area contributed by atoms with E-state index in [2.05, 4.69) is 5.32 Å². The van der Waals surface area contributed by atoms with Gasteiger partial charge in [0.05, 0.1) is 15.7 Å². The summed E-state index contributed by atoms with van der Waals surface area (Å²) >= 11 is 13.7. The average Bonchev–Trinajstić information content (AvgIpc) is 3.02. The lowest BCUT2D eigenvalue weighted by molar-refractivity contribution is 0.214. The largest absolute Gasteiger partial charge is 0.323 e. The second-order valence-corrected chi connectivity index (χ2v) is 6.97. The Morgan fingerprint density at radius 1 is 1.22 bits per heavy atom. The van der Waals surface area contributed by atoms with Crippen molar-refractivity contribution in [3.63, 3.8) is 0 Å². The minimum Gasteiger partial charge on any atom is -0.308 e. The molecule has 1 saturated heterocycles. The first-order valence-electron chi connectivity index (χ1n) is 6.95. The Labute approximate surface area is 147 Å². The van der Waals surface area contributed by atoms with E-state index >= 15 is 0 Å². The van der Waals surface area contributed by atoms with E-state index in [0.717, 1.165) is 11.3 Å². The van der Waals surface area contributed by atoms with Crippen LogP contribution in [0, 0.1) is 5.82 Å². The molecule has 0 bridgehead atoms. The van der Waals surface area contributed by atoms with Crippen LogP contribution in [-0.4, -0.2) is 23.2 Å². The molecule has 2 aromatic carbocycles. The van der Waals surface area contributed by atoms with Gasteiger partial charge in [0.1, 0.15) is 11.2 Å². The molecule has 120 valence electrons. The zero-order valence-corrected chi connectivity index (χ0v) is 14.3. The molecular weight excluding hydrogens is 358 g/mol. The lowest BCUT2D eigenvalue weighted by Gasteiger charge is -2.24. The number of rotatable bonds is 2. The SMILES string of the molecule is O=C(Nc1cccc(Cl)c1Cl)N1CCSC1c1ccc(F)cc1. The number of carbonyl (C=O) groups excluding carboxylic acids is 1. The minimum absolute atomic E-state index is 0.145. The average molecular weight is 371 g/mol. The monoisotopic (exact) mass is 370 g/mol. The third-order valence-corrected chi connectivity index (χ3v) is 5.58. The van der Waals surface area contributed by atoms with Crippen molar-refractivity contribution in [2.75, 3.05) is 17.6 Å². The highest BCUT2D eigenvalue weighted by molar-refractivity contribution is 7.99. The van der Waals surface area contributed by atoms with Crippen molar-refractivity contribution < 1.29 is 9.18 Å². The third kappa shape index (κ3) is 3.57. The number of nitrogens with one attached hydrogen (secondary N) is 1. The fourth-order valence-electron chi connectivity index (χ4n) is 2.37. The Kier molecular flexibility index (Phi) is 4.99. The first kappa shape index (κ1) is 16.4. The maximum absolute atomic E-state index is 13.1. The Morgan fingerprint density at radius 3 is 2.70 bits per heavy atom. The van der Waals surface area contributed by atoms with E-state index in [1.807, 2.05) is 0 Å². The number of nitrogens with zero attached hydrogens (tertiary/aromatic N) is 1. The van der Waals surface area contributed by atoms with Gasteiger partial charge >= 0.3 is 6.03 Å². The lowest BCUT2D eigenvalue weighted by Crippen LogP contribution is -2.34. The van der Waals surface area contributed by atoms with Crippen LogP contribution in [0.3, 0.4) is 0 Å². The molecule has 0 spiro atoms. The van der Waals surface area contributed by atoms with Crippen molar-refractivity contribution in [2.45, 2.75) is 5.37 Å². The standard InChI is InChI=1S/C16H13Cl2FN2OS/c17-12-2-1-3-13(14(12)18)20-16(22)21-8-9-23-15(21)10-4-6-11(19)7-5-10/h1-7,15H,8-9H2,(H,20,22). The van der Waals surface area contributed by atoms with Crippen LogP contribution in [0.1, 0.15) is 10.9 Å². The summed E-state index contributed by atoms with van der Waals surface area (Å²) in [5.74, 6) is 0.525. The highest BCUT2D eigenvalue weighted by atomic mass is 35.5. The second-order valence-electron chi connectivity index (χ2n) is 5.00. The molecule has 0 aliphatic carbocycles. The molecule has 1 unspecified atom stereocenters. The van der Waals surface area contributed by atoms with Gasteiger partial charge in [-0.15, -0.1) is 11.8 Å². The number of anilines is 1. The Morgan fingerprint density at radius 2 is 1.96 bits per heavy atom. The van der Waals surface area contributed by atoms with Crippen molar-refractivity contribution in [3.8, 4) is 0 Å². The molecule has 7 heteroatoms. The molecule has 3 nitrogen and oxygen atoms in total. The Bertz CT molecular complexity index is 727. The Balaban J connectivity index is 1.78. The van der Waals surface area contributed by atoms with Crippen LogP contribution in [0.2, 0.25) is 10.0 Å². The van der Waals surface area contributed by atoms with Crippen LogP contribution in [0.4, 0.5) is 14.9 Å². The highest BCUT2D eigenvalue weighted by Crippen LogP contribution is 2.38. The van der Waals surface area contributed by atoms with Crippen LogP contribution in [-0.2, 0) is 0 Å². The van der Waals surface area contributed by atoms with E-state index in [-0.39, 0.29) is 17.2 Å². The molecule has 1 aliphatic rings. The molecule has 2 amide bonds. The quantitative estimate of drug-likeness (QED) is 0.765. The molecule has 1 fully saturated rings. The first-order chi connectivity index (χ1) is 11.1. The third-order valence-electron chi connectivity index (χ3n) is 3.50. The molecule has 0 saturated carbocycles. The van der Waals surface area contributed by atoms with Crippen LogP contribution in [0.25, 0.3) is 0 Å². The molecule has 3 rings (SSSR count).